The Hall–Kier alpha value is -3.17. The number of aromatic nitrogens is 5. The molecule has 0 radical (unpaired) electrons. The lowest BCUT2D eigenvalue weighted by Crippen LogP contribution is -2.38. The fraction of sp³-hybridized carbons (Fsp3) is 0.238. The third-order valence-electron chi connectivity index (χ3n) is 4.99. The van der Waals surface area contributed by atoms with Gasteiger partial charge in [-0.3, -0.25) is 14.0 Å². The Morgan fingerprint density at radius 3 is 2.48 bits per heavy atom. The smallest absolute Gasteiger partial charge is 0.261 e. The van der Waals surface area contributed by atoms with E-state index in [0.29, 0.717) is 22.0 Å². The molecule has 0 aliphatic carbocycles. The lowest BCUT2D eigenvalue weighted by atomic mass is 9.88. The summed E-state index contributed by atoms with van der Waals surface area (Å²) in [6, 6.07) is 6.74. The number of aliphatic hydroxyl groups is 1. The highest BCUT2D eigenvalue weighted by atomic mass is 35.5. The summed E-state index contributed by atoms with van der Waals surface area (Å²) in [5.74, 6) is -1.63. The van der Waals surface area contributed by atoms with Gasteiger partial charge in [-0.1, -0.05) is 17.7 Å². The summed E-state index contributed by atoms with van der Waals surface area (Å²) in [4.78, 5) is 20.6. The SMILES string of the molecule is C[C@@H](n1cnc2cc(Cl)ccc2c1=O)[C@@](C)(O)c1ccc(F)cc1F.Cn1cncn1. The van der Waals surface area contributed by atoms with Crippen molar-refractivity contribution < 1.29 is 13.9 Å². The van der Waals surface area contributed by atoms with E-state index in [2.05, 4.69) is 15.1 Å². The third kappa shape index (κ3) is 4.78. The Bertz CT molecular complexity index is 1260. The number of aryl methyl sites for hydroxylation is 1. The number of nitrogens with zero attached hydrogens (tertiary/aromatic N) is 5. The van der Waals surface area contributed by atoms with E-state index in [4.69, 9.17) is 11.6 Å². The fourth-order valence-electron chi connectivity index (χ4n) is 3.05. The molecule has 7 nitrogen and oxygen atoms in total. The molecule has 0 fully saturated rings. The maximum atomic E-state index is 14.1. The normalized spacial score (nSPS) is 13.9. The Morgan fingerprint density at radius 1 is 1.16 bits per heavy atom. The van der Waals surface area contributed by atoms with Crippen molar-refractivity contribution in [1.29, 1.82) is 0 Å². The van der Waals surface area contributed by atoms with Crippen molar-refractivity contribution in [3.05, 3.63) is 88.0 Å². The fourth-order valence-corrected chi connectivity index (χ4v) is 3.21. The minimum absolute atomic E-state index is 0.107. The summed E-state index contributed by atoms with van der Waals surface area (Å²) >= 11 is 5.90. The molecule has 2 aromatic carbocycles. The van der Waals surface area contributed by atoms with E-state index in [9.17, 15) is 18.7 Å². The monoisotopic (exact) mass is 447 g/mol. The van der Waals surface area contributed by atoms with Gasteiger partial charge in [-0.25, -0.2) is 18.7 Å². The topological polar surface area (TPSA) is 85.8 Å². The van der Waals surface area contributed by atoms with Crippen molar-refractivity contribution in [3.8, 4) is 0 Å². The molecule has 0 aliphatic heterocycles. The molecule has 0 saturated heterocycles. The first kappa shape index (κ1) is 22.5. The third-order valence-corrected chi connectivity index (χ3v) is 5.22. The van der Waals surface area contributed by atoms with E-state index in [0.717, 1.165) is 6.07 Å². The Kier molecular flexibility index (Phi) is 6.47. The molecule has 2 heterocycles. The van der Waals surface area contributed by atoms with Crippen molar-refractivity contribution >= 4 is 22.5 Å². The van der Waals surface area contributed by atoms with Crippen LogP contribution >= 0.6 is 11.6 Å². The van der Waals surface area contributed by atoms with Gasteiger partial charge in [-0.2, -0.15) is 5.10 Å². The zero-order valence-electron chi connectivity index (χ0n) is 17.0. The molecule has 1 N–H and O–H groups in total. The zero-order chi connectivity index (χ0) is 22.8. The quantitative estimate of drug-likeness (QED) is 0.518. The van der Waals surface area contributed by atoms with E-state index in [1.54, 1.807) is 36.1 Å². The van der Waals surface area contributed by atoms with Gasteiger partial charge in [0.25, 0.3) is 5.56 Å². The van der Waals surface area contributed by atoms with Crippen LogP contribution in [0.5, 0.6) is 0 Å². The maximum Gasteiger partial charge on any atom is 0.261 e. The Balaban J connectivity index is 0.000000391. The van der Waals surface area contributed by atoms with Gasteiger partial charge < -0.3 is 5.11 Å². The van der Waals surface area contributed by atoms with Crippen LogP contribution < -0.4 is 5.56 Å². The molecule has 0 saturated carbocycles. The molecule has 31 heavy (non-hydrogen) atoms. The van der Waals surface area contributed by atoms with E-state index < -0.39 is 28.8 Å². The molecule has 10 heteroatoms. The molecule has 2 aromatic heterocycles. The largest absolute Gasteiger partial charge is 0.383 e. The summed E-state index contributed by atoms with van der Waals surface area (Å²) in [5, 5.41) is 15.3. The van der Waals surface area contributed by atoms with Crippen LogP contribution in [-0.2, 0) is 12.6 Å². The Labute approximate surface area is 181 Å². The van der Waals surface area contributed by atoms with Gasteiger partial charge in [0.2, 0.25) is 0 Å². The highest BCUT2D eigenvalue weighted by molar-refractivity contribution is 6.31. The van der Waals surface area contributed by atoms with Crippen LogP contribution in [-0.4, -0.2) is 29.4 Å². The summed E-state index contributed by atoms with van der Waals surface area (Å²) in [7, 11) is 1.83. The zero-order valence-corrected chi connectivity index (χ0v) is 17.8. The average Bonchev–Trinajstić information content (AvgIpc) is 3.19. The lowest BCUT2D eigenvalue weighted by molar-refractivity contribution is 0.00272. The van der Waals surface area contributed by atoms with Crippen LogP contribution in [0, 0.1) is 11.6 Å². The van der Waals surface area contributed by atoms with E-state index in [1.807, 2.05) is 7.05 Å². The van der Waals surface area contributed by atoms with E-state index >= 15 is 0 Å². The number of fused-ring (bicyclic) bond motifs is 1. The molecule has 4 aromatic rings. The second kappa shape index (κ2) is 8.91. The standard InChI is InChI=1S/C18H15ClF2N2O2.C3H5N3/c1-10(18(2,25)14-6-4-12(20)8-15(14)21)23-9-22-16-7-11(19)3-5-13(16)17(23)24;1-6-3-4-2-5-6/h3-10,25H,1-2H3;2-3H,1H3/t10-,18-;/m1./s1. The molecule has 4 rings (SSSR count). The van der Waals surface area contributed by atoms with Gasteiger partial charge >= 0.3 is 0 Å². The van der Waals surface area contributed by atoms with Crippen LogP contribution in [0.1, 0.15) is 25.5 Å². The highest BCUT2D eigenvalue weighted by Crippen LogP contribution is 2.34. The van der Waals surface area contributed by atoms with E-state index in [-0.39, 0.29) is 5.56 Å². The number of hydrogen-bond acceptors (Lipinski definition) is 5. The van der Waals surface area contributed by atoms with Crippen LogP contribution in [0.25, 0.3) is 10.9 Å². The van der Waals surface area contributed by atoms with Crippen molar-refractivity contribution in [1.82, 2.24) is 24.3 Å². The molecule has 0 amide bonds. The van der Waals surface area contributed by atoms with Gasteiger partial charge in [0.15, 0.2) is 0 Å². The average molecular weight is 448 g/mol. The first-order chi connectivity index (χ1) is 14.6. The highest BCUT2D eigenvalue weighted by Gasteiger charge is 2.35. The number of hydrogen-bond donors (Lipinski definition) is 1. The minimum Gasteiger partial charge on any atom is -0.383 e. The predicted octanol–water partition coefficient (Wildman–Crippen LogP) is 3.61. The van der Waals surface area contributed by atoms with Crippen molar-refractivity contribution in [2.24, 2.45) is 7.05 Å². The van der Waals surface area contributed by atoms with Gasteiger partial charge in [0.05, 0.1) is 23.3 Å². The van der Waals surface area contributed by atoms with Crippen molar-refractivity contribution in [3.63, 3.8) is 0 Å². The van der Waals surface area contributed by atoms with Gasteiger partial charge in [0, 0.05) is 23.7 Å². The van der Waals surface area contributed by atoms with Crippen molar-refractivity contribution in [2.45, 2.75) is 25.5 Å². The summed E-state index contributed by atoms with van der Waals surface area (Å²) in [6.45, 7) is 2.93. The van der Waals surface area contributed by atoms with Crippen LogP contribution in [0.15, 0.2) is 60.2 Å². The minimum atomic E-state index is -1.76. The second-order valence-corrected chi connectivity index (χ2v) is 7.57. The molecule has 0 spiro atoms. The molecule has 0 bridgehead atoms. The second-order valence-electron chi connectivity index (χ2n) is 7.14. The van der Waals surface area contributed by atoms with Gasteiger partial charge in [0.1, 0.15) is 29.9 Å². The van der Waals surface area contributed by atoms with Crippen LogP contribution in [0.2, 0.25) is 5.02 Å². The van der Waals surface area contributed by atoms with E-state index in [1.165, 1.54) is 30.2 Å². The molecule has 2 atom stereocenters. The van der Waals surface area contributed by atoms with Crippen LogP contribution in [0.3, 0.4) is 0 Å². The maximum absolute atomic E-state index is 14.1. The Morgan fingerprint density at radius 2 is 1.90 bits per heavy atom. The van der Waals surface area contributed by atoms with Crippen LogP contribution in [0.4, 0.5) is 8.78 Å². The predicted molar refractivity (Wildman–Crippen MR) is 113 cm³/mol. The number of halogens is 3. The number of rotatable bonds is 3. The summed E-state index contributed by atoms with van der Waals surface area (Å²) < 4.78 is 30.1. The summed E-state index contributed by atoms with van der Waals surface area (Å²) in [5.41, 5.74) is -1.83. The molecule has 0 unspecified atom stereocenters. The number of benzene rings is 2. The lowest BCUT2D eigenvalue weighted by Gasteiger charge is -2.32. The molecular weight excluding hydrogens is 428 g/mol. The first-order valence-corrected chi connectivity index (χ1v) is 9.62. The van der Waals surface area contributed by atoms with Gasteiger partial charge in [-0.05, 0) is 38.1 Å². The summed E-state index contributed by atoms with van der Waals surface area (Å²) in [6.07, 6.45) is 4.42. The first-order valence-electron chi connectivity index (χ1n) is 9.24. The molecule has 0 aliphatic rings. The molecular formula is C21H20ClF2N5O2. The molecule has 162 valence electrons. The van der Waals surface area contributed by atoms with Crippen molar-refractivity contribution in [2.75, 3.05) is 0 Å². The van der Waals surface area contributed by atoms with Gasteiger partial charge in [-0.15, -0.1) is 0 Å².